The molecule has 0 N–H and O–H groups in total. The van der Waals surface area contributed by atoms with Gasteiger partial charge in [-0.3, -0.25) is 0 Å². The van der Waals surface area contributed by atoms with Crippen LogP contribution in [0, 0.1) is 116 Å². The molecule has 344 valence electrons. The monoisotopic (exact) mass is 1010 g/mol. The van der Waals surface area contributed by atoms with Crippen molar-refractivity contribution in [3.8, 4) is 0 Å². The molecule has 66 heavy (non-hydrogen) atoms. The van der Waals surface area contributed by atoms with E-state index in [1.165, 1.54) is 14.7 Å². The number of benzene rings is 7. The van der Waals surface area contributed by atoms with Crippen molar-refractivity contribution in [3.05, 3.63) is 205 Å². The highest BCUT2D eigenvalue weighted by Crippen LogP contribution is 2.34. The molecule has 7 aromatic carbocycles. The highest BCUT2D eigenvalue weighted by Gasteiger charge is 2.52. The van der Waals surface area contributed by atoms with Gasteiger partial charge in [0.2, 0.25) is 0 Å². The van der Waals surface area contributed by atoms with Gasteiger partial charge in [-0.2, -0.15) is 0 Å². The summed E-state index contributed by atoms with van der Waals surface area (Å²) in [4.78, 5) is 3.77. The minimum atomic E-state index is -7.22. The second-order valence-electron chi connectivity index (χ2n) is 13.3. The lowest BCUT2D eigenvalue weighted by Crippen LogP contribution is -2.81. The molecule has 0 nitrogen and oxygen atoms in total. The Morgan fingerprint density at radius 2 is 0.424 bits per heavy atom. The van der Waals surface area contributed by atoms with Crippen LogP contribution in [-0.4, -0.2) is 6.15 Å². The van der Waals surface area contributed by atoms with Crippen LogP contribution in [0.15, 0.2) is 93.5 Å². The van der Waals surface area contributed by atoms with Crippen molar-refractivity contribution in [2.24, 2.45) is 0 Å². The molecule has 0 heterocycles. The van der Waals surface area contributed by atoms with Crippen LogP contribution in [0.2, 0.25) is 10.0 Å². The van der Waals surface area contributed by atoms with E-state index in [0.29, 0.717) is 0 Å². The molecule has 7 rings (SSSR count). The van der Waals surface area contributed by atoms with Gasteiger partial charge in [0.05, 0.1) is 10.9 Å². The van der Waals surface area contributed by atoms with E-state index in [1.807, 2.05) is 30.3 Å². The van der Waals surface area contributed by atoms with E-state index in [2.05, 4.69) is 48.5 Å². The fraction of sp³-hybridized carbons (Fsp3) is 0. The topological polar surface area (TPSA) is 0 Å². The highest BCUT2D eigenvalue weighted by molar-refractivity contribution is 7.97. The number of halogens is 22. The third kappa shape index (κ3) is 7.99. The van der Waals surface area contributed by atoms with Gasteiger partial charge in [0.1, 0.15) is 52.7 Å². The first-order chi connectivity index (χ1) is 30.9. The van der Waals surface area contributed by atoms with Gasteiger partial charge in [-0.25, -0.2) is 87.8 Å². The lowest BCUT2D eigenvalue weighted by molar-refractivity contribution is 0.378. The van der Waals surface area contributed by atoms with Crippen molar-refractivity contribution < 1.29 is 87.8 Å². The molecule has 0 unspecified atom stereocenters. The lowest BCUT2D eigenvalue weighted by Gasteiger charge is -2.44. The number of hydrogen-bond acceptors (Lipinski definition) is 0. The summed E-state index contributed by atoms with van der Waals surface area (Å²) in [7, 11) is -0.148. The lowest BCUT2D eigenvalue weighted by atomic mass is 9.12. The maximum atomic E-state index is 15.4. The quantitative estimate of drug-likeness (QED) is 0.0491. The summed E-state index contributed by atoms with van der Waals surface area (Å²) in [5.41, 5.74) is -14.3. The van der Waals surface area contributed by atoms with Crippen LogP contribution < -0.4 is 21.9 Å². The molecule has 0 aromatic heterocycles. The van der Waals surface area contributed by atoms with Crippen molar-refractivity contribution in [2.45, 2.75) is 14.7 Å². The molecule has 7 aromatic rings. The Balaban J connectivity index is 0.000000284. The van der Waals surface area contributed by atoms with Gasteiger partial charge in [0.25, 0.3) is 0 Å². The van der Waals surface area contributed by atoms with Gasteiger partial charge in [0.15, 0.2) is 84.5 Å². The smallest absolute Gasteiger partial charge is 0.200 e. The third-order valence-corrected chi connectivity index (χ3v) is 12.5. The summed E-state index contributed by atoms with van der Waals surface area (Å²) in [6.45, 7) is 0. The van der Waals surface area contributed by atoms with Crippen molar-refractivity contribution in [3.63, 3.8) is 0 Å². The Kier molecular flexibility index (Phi) is 14.1. The zero-order valence-electron chi connectivity index (χ0n) is 31.3. The normalized spacial score (nSPS) is 11.6. The second kappa shape index (κ2) is 18.8. The van der Waals surface area contributed by atoms with Crippen molar-refractivity contribution in [2.75, 3.05) is 0 Å². The van der Waals surface area contributed by atoms with E-state index in [1.54, 1.807) is 0 Å². The van der Waals surface area contributed by atoms with Crippen molar-refractivity contribution in [1.82, 2.24) is 0 Å². The molecule has 0 saturated carbocycles. The van der Waals surface area contributed by atoms with Crippen LogP contribution in [0.1, 0.15) is 0 Å². The zero-order valence-corrected chi connectivity index (χ0v) is 33.6. The van der Waals surface area contributed by atoms with Crippen LogP contribution >= 0.6 is 23.2 Å². The average Bonchev–Trinajstić information content (AvgIpc) is 3.30. The molecule has 0 aliphatic rings. The predicted octanol–water partition coefficient (Wildman–Crippen LogP) is 11.9. The molecule has 0 radical (unpaired) electrons. The largest absolute Gasteiger partial charge is 0.207 e. The molecule has 0 aliphatic heterocycles. The van der Waals surface area contributed by atoms with E-state index >= 15 is 35.1 Å². The van der Waals surface area contributed by atoms with Gasteiger partial charge in [-0.15, -0.1) is 21.9 Å². The minimum absolute atomic E-state index is 0.148. The standard InChI is InChI=1S/C24BF20.C18H13Cl2S/c26-5-1(6(27)14(35)21(42)13(5)34)25(2-7(28)15(36)22(43)16(37)8(2)29,3-9(30)17(38)23(44)18(39)10(3)31)4-11(32)19(40)24(45)20(41)12(4)33;19-14-6-10-17(11-7-14)21(16-4-2-1-3-5-16)18-12-8-15(20)9-13-18/h;1-13H/q-1;+1. The van der Waals surface area contributed by atoms with Crippen molar-refractivity contribution >= 4 is 62.1 Å². The SMILES string of the molecule is Clc1ccc([S+](c2ccccc2)c2ccc(Cl)cc2)cc1.Fc1c(F)c(F)c([B-](c2c(F)c(F)c(F)c(F)c2F)(c2c(F)c(F)c(F)c(F)c2F)c2c(F)c(F)c(F)c(F)c2F)c(F)c1F. The molecule has 0 aliphatic carbocycles. The fourth-order valence-corrected chi connectivity index (χ4v) is 9.29. The molecular weight excluding hydrogens is 998 g/mol. The first kappa shape index (κ1) is 49.6. The van der Waals surface area contributed by atoms with E-state index in [9.17, 15) is 52.7 Å². The summed E-state index contributed by atoms with van der Waals surface area (Å²) in [5.74, 6) is -71.4. The van der Waals surface area contributed by atoms with Crippen LogP contribution in [0.5, 0.6) is 0 Å². The minimum Gasteiger partial charge on any atom is -0.207 e. The molecular formula is C42H13BCl2F20S. The van der Waals surface area contributed by atoms with Gasteiger partial charge in [-0.1, -0.05) is 41.4 Å². The third-order valence-electron chi connectivity index (χ3n) is 9.78. The predicted molar refractivity (Wildman–Crippen MR) is 201 cm³/mol. The van der Waals surface area contributed by atoms with E-state index < -0.39 is 144 Å². The first-order valence-corrected chi connectivity index (χ1v) is 19.5. The zero-order chi connectivity index (χ0) is 49.0. The molecule has 0 atom stereocenters. The fourth-order valence-electron chi connectivity index (χ4n) is 6.98. The maximum Gasteiger partial charge on any atom is 0.200 e. The Morgan fingerprint density at radius 3 is 0.636 bits per heavy atom. The van der Waals surface area contributed by atoms with E-state index in [-0.39, 0.29) is 10.9 Å². The Labute approximate surface area is 368 Å². The molecule has 0 amide bonds. The van der Waals surface area contributed by atoms with Gasteiger partial charge >= 0.3 is 0 Å². The molecule has 0 saturated heterocycles. The maximum absolute atomic E-state index is 15.4. The van der Waals surface area contributed by atoms with Gasteiger partial charge in [0, 0.05) is 10.0 Å². The first-order valence-electron chi connectivity index (χ1n) is 17.5. The van der Waals surface area contributed by atoms with Crippen LogP contribution in [-0.2, 0) is 10.9 Å². The van der Waals surface area contributed by atoms with Gasteiger partial charge < -0.3 is 0 Å². The summed E-state index contributed by atoms with van der Waals surface area (Å²) < 4.78 is 294. The van der Waals surface area contributed by atoms with Crippen LogP contribution in [0.25, 0.3) is 0 Å². The Bertz CT molecular complexity index is 2620. The van der Waals surface area contributed by atoms with E-state index in [4.69, 9.17) is 23.2 Å². The highest BCUT2D eigenvalue weighted by atomic mass is 35.5. The summed E-state index contributed by atoms with van der Waals surface area (Å²) in [6.07, 6.45) is -7.22. The van der Waals surface area contributed by atoms with E-state index in [0.717, 1.165) is 10.0 Å². The molecule has 0 spiro atoms. The van der Waals surface area contributed by atoms with Gasteiger partial charge in [-0.05, 0) is 60.7 Å². The summed E-state index contributed by atoms with van der Waals surface area (Å²) >= 11 is 12.0. The number of hydrogen-bond donors (Lipinski definition) is 0. The summed E-state index contributed by atoms with van der Waals surface area (Å²) in [5, 5.41) is 1.51. The molecule has 24 heteroatoms. The molecule has 0 bridgehead atoms. The molecule has 0 fully saturated rings. The van der Waals surface area contributed by atoms with Crippen LogP contribution in [0.4, 0.5) is 87.8 Å². The second-order valence-corrected chi connectivity index (χ2v) is 16.2. The Morgan fingerprint density at radius 1 is 0.242 bits per heavy atom. The van der Waals surface area contributed by atoms with Crippen LogP contribution in [0.3, 0.4) is 0 Å². The number of rotatable bonds is 7. The Hall–Kier alpha value is -5.87. The summed E-state index contributed by atoms with van der Waals surface area (Å²) in [6, 6.07) is 26.6. The average molecular weight is 1010 g/mol. The van der Waals surface area contributed by atoms with Crippen molar-refractivity contribution in [1.29, 1.82) is 0 Å².